The normalized spacial score (nSPS) is 17.4. The van der Waals surface area contributed by atoms with Crippen LogP contribution in [0.4, 0.5) is 57.1 Å². The predicted molar refractivity (Wildman–Crippen MR) is 31.8 cm³/mol. The van der Waals surface area contributed by atoms with Gasteiger partial charge in [-0.15, -0.1) is 0 Å². The Labute approximate surface area is 96.1 Å². The van der Waals surface area contributed by atoms with E-state index in [2.05, 4.69) is 0 Å². The van der Waals surface area contributed by atoms with Crippen molar-refractivity contribution in [3.8, 4) is 0 Å². The van der Waals surface area contributed by atoms with Crippen LogP contribution in [0, 0.1) is 0 Å². The summed E-state index contributed by atoms with van der Waals surface area (Å²) >= 11 is 0. The van der Waals surface area contributed by atoms with Gasteiger partial charge in [0.05, 0.1) is 0 Å². The number of hydrogen-bond donors (Lipinski definition) is 0. The molecule has 19 heavy (non-hydrogen) atoms. The zero-order chi connectivity index (χ0) is 17.0. The van der Waals surface area contributed by atoms with Crippen LogP contribution in [-0.2, 0) is 0 Å². The van der Waals surface area contributed by atoms with E-state index in [1.165, 1.54) is 0 Å². The Morgan fingerprint density at radius 3 is 1.11 bits per heavy atom. The standard InChI is InChI=1S/C6HF13/c7-1(8)2(9,10)3(11,12)4(13,14)5(15,16)6(17,18)19/h1H/i1D. The summed E-state index contributed by atoms with van der Waals surface area (Å²) in [6, 6.07) is 0. The van der Waals surface area contributed by atoms with Gasteiger partial charge in [0.25, 0.3) is 0 Å². The van der Waals surface area contributed by atoms with Gasteiger partial charge in [-0.3, -0.25) is 0 Å². The van der Waals surface area contributed by atoms with E-state index in [4.69, 9.17) is 1.37 Å². The first-order valence-electron chi connectivity index (χ1n) is 4.21. The van der Waals surface area contributed by atoms with Gasteiger partial charge in [0, 0.05) is 0 Å². The van der Waals surface area contributed by atoms with Gasteiger partial charge < -0.3 is 0 Å². The molecule has 0 heterocycles. The molecule has 0 rings (SSSR count). The van der Waals surface area contributed by atoms with Crippen LogP contribution in [0.25, 0.3) is 0 Å². The quantitative estimate of drug-likeness (QED) is 0.675. The topological polar surface area (TPSA) is 0 Å². The fraction of sp³-hybridized carbons (Fsp3) is 1.00. The lowest BCUT2D eigenvalue weighted by Crippen LogP contribution is -2.67. The number of hydrogen-bond acceptors (Lipinski definition) is 0. The van der Waals surface area contributed by atoms with E-state index in [0.717, 1.165) is 0 Å². The minimum atomic E-state index is -7.92. The van der Waals surface area contributed by atoms with E-state index in [9.17, 15) is 57.1 Å². The summed E-state index contributed by atoms with van der Waals surface area (Å²) in [5, 5.41) is 0. The molecule has 0 atom stereocenters. The van der Waals surface area contributed by atoms with Crippen LogP contribution in [0.1, 0.15) is 1.37 Å². The van der Waals surface area contributed by atoms with E-state index in [1.807, 2.05) is 0 Å². The third-order valence-electron chi connectivity index (χ3n) is 1.78. The largest absolute Gasteiger partial charge is 0.460 e. The first kappa shape index (κ1) is 16.1. The summed E-state index contributed by atoms with van der Waals surface area (Å²) in [6.07, 6.45) is -14.2. The van der Waals surface area contributed by atoms with Crippen molar-refractivity contribution in [3.05, 3.63) is 0 Å². The molecule has 0 aliphatic carbocycles. The second kappa shape index (κ2) is 4.30. The average molecular weight is 321 g/mol. The fourth-order valence-electron chi connectivity index (χ4n) is 0.691. The molecular weight excluding hydrogens is 319 g/mol. The second-order valence-corrected chi connectivity index (χ2v) is 3.06. The molecule has 0 saturated carbocycles. The summed E-state index contributed by atoms with van der Waals surface area (Å²) in [7, 11) is 0. The highest BCUT2D eigenvalue weighted by atomic mass is 19.4. The first-order valence-corrected chi connectivity index (χ1v) is 3.71. The van der Waals surface area contributed by atoms with E-state index in [0.29, 0.717) is 0 Å². The van der Waals surface area contributed by atoms with Gasteiger partial charge in [-0.1, -0.05) is 0 Å². The Morgan fingerprint density at radius 1 is 0.579 bits per heavy atom. The van der Waals surface area contributed by atoms with Gasteiger partial charge in [-0.05, 0) is 0 Å². The third kappa shape index (κ3) is 2.30. The van der Waals surface area contributed by atoms with Gasteiger partial charge in [-0.25, -0.2) is 8.78 Å². The summed E-state index contributed by atoms with van der Waals surface area (Å²) < 4.78 is 162. The first-order chi connectivity index (χ1) is 8.25. The van der Waals surface area contributed by atoms with Gasteiger partial charge in [0.1, 0.15) is 1.37 Å². The van der Waals surface area contributed by atoms with Crippen molar-refractivity contribution < 1.29 is 58.4 Å². The van der Waals surface area contributed by atoms with Crippen molar-refractivity contribution in [1.82, 2.24) is 0 Å². The molecule has 13 heteroatoms. The second-order valence-electron chi connectivity index (χ2n) is 3.06. The summed E-state index contributed by atoms with van der Waals surface area (Å²) in [5.74, 6) is -31.0. The molecule has 0 amide bonds. The lowest BCUT2D eigenvalue weighted by atomic mass is 9.98. The molecule has 0 fully saturated rings. The SMILES string of the molecule is [2H]C(F)(F)C(F)(F)C(F)(F)C(F)(F)C(F)(F)C(F)(F)F. The third-order valence-corrected chi connectivity index (χ3v) is 1.78. The lowest BCUT2D eigenvalue weighted by molar-refractivity contribution is -0.430. The molecule has 0 unspecified atom stereocenters. The summed E-state index contributed by atoms with van der Waals surface area (Å²) in [6.45, 7) is 0. The summed E-state index contributed by atoms with van der Waals surface area (Å²) in [5.41, 5.74) is 0. The Kier molecular flexibility index (Phi) is 3.65. The van der Waals surface area contributed by atoms with Crippen LogP contribution in [0.2, 0.25) is 0 Å². The molecule has 0 aromatic carbocycles. The fourth-order valence-corrected chi connectivity index (χ4v) is 0.691. The lowest BCUT2D eigenvalue weighted by Gasteiger charge is -2.36. The highest BCUT2D eigenvalue weighted by molar-refractivity contribution is 5.06. The maximum atomic E-state index is 12.4. The molecule has 0 spiro atoms. The molecule has 0 bridgehead atoms. The van der Waals surface area contributed by atoms with Crippen molar-refractivity contribution >= 4 is 0 Å². The van der Waals surface area contributed by atoms with Crippen molar-refractivity contribution in [3.63, 3.8) is 0 Å². The molecule has 0 saturated heterocycles. The van der Waals surface area contributed by atoms with E-state index < -0.39 is 36.3 Å². The minimum absolute atomic E-state index is 5.21. The van der Waals surface area contributed by atoms with Crippen LogP contribution in [-0.4, -0.2) is 36.3 Å². The van der Waals surface area contributed by atoms with Crippen LogP contribution < -0.4 is 0 Å². The molecule has 0 aromatic rings. The monoisotopic (exact) mass is 321 g/mol. The van der Waals surface area contributed by atoms with Crippen molar-refractivity contribution in [2.75, 3.05) is 0 Å². The van der Waals surface area contributed by atoms with Crippen LogP contribution in [0.15, 0.2) is 0 Å². The minimum Gasteiger partial charge on any atom is -0.203 e. The van der Waals surface area contributed by atoms with Gasteiger partial charge in [-0.2, -0.15) is 48.3 Å². The van der Waals surface area contributed by atoms with Gasteiger partial charge in [0.15, 0.2) is 0 Å². The highest BCUT2D eigenvalue weighted by Gasteiger charge is 2.88. The van der Waals surface area contributed by atoms with E-state index in [-0.39, 0.29) is 0 Å². The molecule has 0 nitrogen and oxygen atoms in total. The highest BCUT2D eigenvalue weighted by Crippen LogP contribution is 2.58. The maximum Gasteiger partial charge on any atom is 0.460 e. The predicted octanol–water partition coefficient (Wildman–Crippen LogP) is 4.35. The van der Waals surface area contributed by atoms with Crippen LogP contribution >= 0.6 is 0 Å². The molecule has 0 aliphatic rings. The number of halogens is 13. The maximum absolute atomic E-state index is 12.4. The molecule has 0 radical (unpaired) electrons. The molecule has 116 valence electrons. The van der Waals surface area contributed by atoms with Gasteiger partial charge in [0.2, 0.25) is 0 Å². The number of alkyl halides is 13. The van der Waals surface area contributed by atoms with Crippen molar-refractivity contribution in [2.24, 2.45) is 0 Å². The Balaban J connectivity index is 6.08. The van der Waals surface area contributed by atoms with Gasteiger partial charge >= 0.3 is 36.3 Å². The van der Waals surface area contributed by atoms with Crippen LogP contribution in [0.5, 0.6) is 0 Å². The Hall–Kier alpha value is -0.910. The Morgan fingerprint density at radius 2 is 0.895 bits per heavy atom. The number of rotatable bonds is 4. The zero-order valence-electron chi connectivity index (χ0n) is 8.91. The van der Waals surface area contributed by atoms with Crippen molar-refractivity contribution in [2.45, 2.75) is 36.3 Å². The van der Waals surface area contributed by atoms with E-state index >= 15 is 0 Å². The smallest absolute Gasteiger partial charge is 0.203 e. The zero-order valence-corrected chi connectivity index (χ0v) is 7.91. The molecule has 0 aliphatic heterocycles. The average Bonchev–Trinajstić information content (AvgIpc) is 2.12. The Bertz CT molecular complexity index is 324. The molecular formula is C6HF13. The molecule has 0 N–H and O–H groups in total. The van der Waals surface area contributed by atoms with Crippen LogP contribution in [0.3, 0.4) is 0 Å². The molecule has 0 aromatic heterocycles. The van der Waals surface area contributed by atoms with Crippen molar-refractivity contribution in [1.29, 1.82) is 0 Å². The summed E-state index contributed by atoms with van der Waals surface area (Å²) in [4.78, 5) is 0. The van der Waals surface area contributed by atoms with E-state index in [1.54, 1.807) is 0 Å².